The molecule has 0 saturated carbocycles. The second-order valence-corrected chi connectivity index (χ2v) is 4.00. The summed E-state index contributed by atoms with van der Waals surface area (Å²) in [6.07, 6.45) is 0.924. The fourth-order valence-electron chi connectivity index (χ4n) is 1.50. The van der Waals surface area contributed by atoms with Crippen molar-refractivity contribution in [3.63, 3.8) is 0 Å². The van der Waals surface area contributed by atoms with Crippen LogP contribution < -0.4 is 15.4 Å². The van der Waals surface area contributed by atoms with E-state index in [2.05, 4.69) is 10.6 Å². The molecule has 0 fully saturated rings. The van der Waals surface area contributed by atoms with Gasteiger partial charge in [0.05, 0.1) is 7.11 Å². The largest absolute Gasteiger partial charge is 0.496 e. The number of benzene rings is 1. The van der Waals surface area contributed by atoms with Crippen LogP contribution in [0.25, 0.3) is 0 Å². The second-order valence-electron chi connectivity index (χ2n) is 3.56. The molecular formula is C12H19ClN2O. The molecule has 3 nitrogen and oxygen atoms in total. The highest BCUT2D eigenvalue weighted by Gasteiger charge is 2.03. The summed E-state index contributed by atoms with van der Waals surface area (Å²) in [7, 11) is 3.63. The van der Waals surface area contributed by atoms with Crippen LogP contribution in [0.5, 0.6) is 5.75 Å². The quantitative estimate of drug-likeness (QED) is 0.715. The van der Waals surface area contributed by atoms with Gasteiger partial charge in [-0.05, 0) is 43.8 Å². The molecule has 1 aromatic rings. The number of likely N-dealkylation sites (N-methyl/N-ethyl adjacent to an activating group) is 1. The third kappa shape index (κ3) is 4.39. The fourth-order valence-corrected chi connectivity index (χ4v) is 1.70. The Morgan fingerprint density at radius 3 is 2.75 bits per heavy atom. The van der Waals surface area contributed by atoms with Crippen LogP contribution in [0.15, 0.2) is 18.2 Å². The van der Waals surface area contributed by atoms with Gasteiger partial charge in [0.25, 0.3) is 0 Å². The Labute approximate surface area is 102 Å². The molecule has 16 heavy (non-hydrogen) atoms. The molecule has 0 heterocycles. The number of hydrogen-bond acceptors (Lipinski definition) is 3. The van der Waals surface area contributed by atoms with Gasteiger partial charge in [0, 0.05) is 18.1 Å². The van der Waals surface area contributed by atoms with E-state index in [9.17, 15) is 0 Å². The SMILES string of the molecule is CNCCNCCc1cc(Cl)ccc1OC. The number of rotatable bonds is 7. The van der Waals surface area contributed by atoms with Crippen LogP contribution in [-0.4, -0.2) is 33.8 Å². The van der Waals surface area contributed by atoms with Crippen LogP contribution in [0.1, 0.15) is 5.56 Å². The lowest BCUT2D eigenvalue weighted by Gasteiger charge is -2.09. The van der Waals surface area contributed by atoms with Crippen molar-refractivity contribution in [2.24, 2.45) is 0 Å². The molecule has 0 aromatic heterocycles. The highest BCUT2D eigenvalue weighted by Crippen LogP contribution is 2.22. The number of halogens is 1. The van der Waals surface area contributed by atoms with Crippen LogP contribution in [0, 0.1) is 0 Å². The Kier molecular flexibility index (Phi) is 6.23. The van der Waals surface area contributed by atoms with Crippen molar-refractivity contribution in [2.75, 3.05) is 33.8 Å². The Morgan fingerprint density at radius 1 is 1.25 bits per heavy atom. The minimum absolute atomic E-state index is 0.756. The molecule has 1 rings (SSSR count). The summed E-state index contributed by atoms with van der Waals surface area (Å²) in [6, 6.07) is 5.71. The molecule has 2 N–H and O–H groups in total. The van der Waals surface area contributed by atoms with Crippen molar-refractivity contribution in [3.8, 4) is 5.75 Å². The van der Waals surface area contributed by atoms with Crippen LogP contribution in [-0.2, 0) is 6.42 Å². The van der Waals surface area contributed by atoms with Gasteiger partial charge in [0.15, 0.2) is 0 Å². The lowest BCUT2D eigenvalue weighted by molar-refractivity contribution is 0.409. The van der Waals surface area contributed by atoms with Crippen LogP contribution in [0.3, 0.4) is 0 Å². The van der Waals surface area contributed by atoms with E-state index in [0.29, 0.717) is 0 Å². The summed E-state index contributed by atoms with van der Waals surface area (Å²) >= 11 is 5.95. The summed E-state index contributed by atoms with van der Waals surface area (Å²) in [5.41, 5.74) is 1.15. The van der Waals surface area contributed by atoms with E-state index in [1.54, 1.807) is 7.11 Å². The summed E-state index contributed by atoms with van der Waals surface area (Å²) in [5, 5.41) is 7.19. The standard InChI is InChI=1S/C12H19ClN2O/c1-14-7-8-15-6-5-10-9-11(13)3-4-12(10)16-2/h3-4,9,14-15H,5-8H2,1-2H3. The number of nitrogens with one attached hydrogen (secondary N) is 2. The second kappa shape index (κ2) is 7.49. The molecule has 0 spiro atoms. The van der Waals surface area contributed by atoms with Crippen molar-refractivity contribution in [1.82, 2.24) is 10.6 Å². The van der Waals surface area contributed by atoms with Crippen molar-refractivity contribution in [2.45, 2.75) is 6.42 Å². The van der Waals surface area contributed by atoms with E-state index in [1.165, 1.54) is 0 Å². The molecule has 1 aromatic carbocycles. The Morgan fingerprint density at radius 2 is 2.06 bits per heavy atom. The molecule has 0 radical (unpaired) electrons. The van der Waals surface area contributed by atoms with Gasteiger partial charge in [-0.1, -0.05) is 11.6 Å². The minimum Gasteiger partial charge on any atom is -0.496 e. The third-order valence-electron chi connectivity index (χ3n) is 2.37. The molecule has 0 bridgehead atoms. The summed E-state index contributed by atoms with van der Waals surface area (Å²) in [4.78, 5) is 0. The first-order chi connectivity index (χ1) is 7.77. The van der Waals surface area contributed by atoms with Gasteiger partial charge >= 0.3 is 0 Å². The third-order valence-corrected chi connectivity index (χ3v) is 2.60. The molecule has 0 saturated heterocycles. The van der Waals surface area contributed by atoms with Gasteiger partial charge in [0.2, 0.25) is 0 Å². The Bertz CT molecular complexity index is 318. The number of methoxy groups -OCH3 is 1. The first-order valence-electron chi connectivity index (χ1n) is 5.45. The topological polar surface area (TPSA) is 33.3 Å². The van der Waals surface area contributed by atoms with E-state index in [1.807, 2.05) is 25.2 Å². The van der Waals surface area contributed by atoms with Crippen molar-refractivity contribution >= 4 is 11.6 Å². The summed E-state index contributed by atoms with van der Waals surface area (Å²) in [6.45, 7) is 2.88. The van der Waals surface area contributed by atoms with Crippen molar-refractivity contribution in [1.29, 1.82) is 0 Å². The first kappa shape index (κ1) is 13.3. The number of ether oxygens (including phenoxy) is 1. The average molecular weight is 243 g/mol. The monoisotopic (exact) mass is 242 g/mol. The van der Waals surface area contributed by atoms with Crippen LogP contribution in [0.4, 0.5) is 0 Å². The van der Waals surface area contributed by atoms with E-state index < -0.39 is 0 Å². The first-order valence-corrected chi connectivity index (χ1v) is 5.83. The Hall–Kier alpha value is -0.770. The zero-order valence-corrected chi connectivity index (χ0v) is 10.6. The van der Waals surface area contributed by atoms with Crippen molar-refractivity contribution in [3.05, 3.63) is 28.8 Å². The van der Waals surface area contributed by atoms with Crippen LogP contribution >= 0.6 is 11.6 Å². The molecule has 90 valence electrons. The highest BCUT2D eigenvalue weighted by atomic mass is 35.5. The van der Waals surface area contributed by atoms with Gasteiger partial charge in [-0.3, -0.25) is 0 Å². The molecule has 0 aliphatic heterocycles. The molecule has 0 amide bonds. The lowest BCUT2D eigenvalue weighted by atomic mass is 10.1. The molecule has 0 unspecified atom stereocenters. The van der Waals surface area contributed by atoms with Gasteiger partial charge in [-0.25, -0.2) is 0 Å². The average Bonchev–Trinajstić information content (AvgIpc) is 2.29. The van der Waals surface area contributed by atoms with Gasteiger partial charge in [-0.2, -0.15) is 0 Å². The predicted octanol–water partition coefficient (Wildman–Crippen LogP) is 1.70. The fraction of sp³-hybridized carbons (Fsp3) is 0.500. The normalized spacial score (nSPS) is 10.4. The zero-order valence-electron chi connectivity index (χ0n) is 9.85. The number of hydrogen-bond donors (Lipinski definition) is 2. The maximum atomic E-state index is 5.95. The van der Waals surface area contributed by atoms with Crippen LogP contribution in [0.2, 0.25) is 5.02 Å². The predicted molar refractivity (Wildman–Crippen MR) is 68.5 cm³/mol. The summed E-state index contributed by atoms with van der Waals surface area (Å²) < 4.78 is 5.28. The molecule has 0 aliphatic carbocycles. The molecule has 0 atom stereocenters. The van der Waals surface area contributed by atoms with Gasteiger partial charge in [-0.15, -0.1) is 0 Å². The van der Waals surface area contributed by atoms with Crippen molar-refractivity contribution < 1.29 is 4.74 Å². The van der Waals surface area contributed by atoms with E-state index in [4.69, 9.17) is 16.3 Å². The minimum atomic E-state index is 0.756. The van der Waals surface area contributed by atoms with E-state index in [-0.39, 0.29) is 0 Å². The maximum Gasteiger partial charge on any atom is 0.122 e. The smallest absolute Gasteiger partial charge is 0.122 e. The van der Waals surface area contributed by atoms with E-state index in [0.717, 1.165) is 42.4 Å². The Balaban J connectivity index is 2.42. The molecule has 0 aliphatic rings. The van der Waals surface area contributed by atoms with Gasteiger partial charge in [0.1, 0.15) is 5.75 Å². The zero-order chi connectivity index (χ0) is 11.8. The van der Waals surface area contributed by atoms with E-state index >= 15 is 0 Å². The molecule has 4 heteroatoms. The maximum absolute atomic E-state index is 5.95. The molecular weight excluding hydrogens is 224 g/mol. The lowest BCUT2D eigenvalue weighted by Crippen LogP contribution is -2.26. The highest BCUT2D eigenvalue weighted by molar-refractivity contribution is 6.30. The van der Waals surface area contributed by atoms with Gasteiger partial charge < -0.3 is 15.4 Å². The summed E-state index contributed by atoms with van der Waals surface area (Å²) in [5.74, 6) is 0.903.